The Balaban J connectivity index is 2.65. The number of hydrogen-bond acceptors (Lipinski definition) is 5. The smallest absolute Gasteiger partial charge is 0.317 e. The van der Waals surface area contributed by atoms with E-state index in [1.165, 1.54) is 0 Å². The van der Waals surface area contributed by atoms with Crippen LogP contribution < -0.4 is 0 Å². The van der Waals surface area contributed by atoms with Gasteiger partial charge in [-0.2, -0.15) is 12.6 Å². The molecule has 0 aromatic carbocycles. The minimum absolute atomic E-state index is 0.804. The van der Waals surface area contributed by atoms with Crippen LogP contribution >= 0.6 is 12.6 Å². The minimum atomic E-state index is -2.06. The van der Waals surface area contributed by atoms with Crippen molar-refractivity contribution in [2.75, 3.05) is 5.75 Å². The van der Waals surface area contributed by atoms with E-state index in [-0.39, 0.29) is 0 Å². The van der Waals surface area contributed by atoms with Crippen LogP contribution in [-0.4, -0.2) is 42.2 Å². The Morgan fingerprint density at radius 2 is 1.47 bits per heavy atom. The van der Waals surface area contributed by atoms with Crippen LogP contribution in [0.4, 0.5) is 0 Å². The second-order valence-corrected chi connectivity index (χ2v) is 14.5. The van der Waals surface area contributed by atoms with Crippen molar-refractivity contribution in [3.8, 4) is 0 Å². The molecule has 0 spiro atoms. The van der Waals surface area contributed by atoms with Gasteiger partial charge >= 0.3 is 8.56 Å². The van der Waals surface area contributed by atoms with Crippen LogP contribution in [0.15, 0.2) is 0 Å². The molecular weight excluding hydrogens is 280 g/mol. The molecule has 1 heterocycles. The first-order chi connectivity index (χ1) is 6.95. The van der Waals surface area contributed by atoms with Crippen LogP contribution in [0.25, 0.3) is 0 Å². The molecule has 0 aromatic heterocycles. The largest absolute Gasteiger partial charge is 0.420 e. The van der Waals surface area contributed by atoms with E-state index in [0.29, 0.717) is 0 Å². The fraction of sp³-hybridized carbons (Fsp3) is 1.00. The third-order valence-electron chi connectivity index (χ3n) is 2.16. The second-order valence-electron chi connectivity index (χ2n) is 3.82. The topological polar surface area (TPSA) is 36.9 Å². The van der Waals surface area contributed by atoms with Gasteiger partial charge in [0.05, 0.1) is 0 Å². The van der Waals surface area contributed by atoms with Crippen molar-refractivity contribution in [1.82, 2.24) is 0 Å². The summed E-state index contributed by atoms with van der Waals surface area (Å²) >= 11 is 4.26. The zero-order valence-electron chi connectivity index (χ0n) is 9.73. The normalized spacial score (nSPS) is 43.4. The SMILES string of the molecule is C[SiH]1O[SiH](C)O[Si](C)(CCS)O[SiH](C)O1. The van der Waals surface area contributed by atoms with Gasteiger partial charge in [0.1, 0.15) is 0 Å². The van der Waals surface area contributed by atoms with Crippen molar-refractivity contribution in [2.24, 2.45) is 0 Å². The Labute approximate surface area is 103 Å². The summed E-state index contributed by atoms with van der Waals surface area (Å²) in [7, 11) is -6.64. The van der Waals surface area contributed by atoms with Crippen molar-refractivity contribution in [1.29, 1.82) is 0 Å². The Morgan fingerprint density at radius 1 is 1.00 bits per heavy atom. The number of hydrogen-bond donors (Lipinski definition) is 1. The van der Waals surface area contributed by atoms with E-state index in [2.05, 4.69) is 32.3 Å². The molecular formula is C6H20O4SSi4. The number of thiol groups is 1. The van der Waals surface area contributed by atoms with E-state index in [0.717, 1.165) is 11.8 Å². The molecule has 0 saturated carbocycles. The second kappa shape index (κ2) is 6.12. The van der Waals surface area contributed by atoms with Gasteiger partial charge in [0.25, 0.3) is 27.9 Å². The van der Waals surface area contributed by atoms with Crippen molar-refractivity contribution < 1.29 is 16.5 Å². The van der Waals surface area contributed by atoms with Gasteiger partial charge in [-0.05, 0) is 38.0 Å². The molecule has 1 aliphatic heterocycles. The monoisotopic (exact) mass is 300 g/mol. The maximum absolute atomic E-state index is 6.03. The lowest BCUT2D eigenvalue weighted by molar-refractivity contribution is 0.275. The highest BCUT2D eigenvalue weighted by Crippen LogP contribution is 2.20. The van der Waals surface area contributed by atoms with Gasteiger partial charge in [0.2, 0.25) is 0 Å². The molecule has 0 amide bonds. The van der Waals surface area contributed by atoms with Crippen molar-refractivity contribution >= 4 is 49.0 Å². The summed E-state index contributed by atoms with van der Waals surface area (Å²) in [5.74, 6) is 0.804. The van der Waals surface area contributed by atoms with Gasteiger partial charge < -0.3 is 16.5 Å². The van der Waals surface area contributed by atoms with E-state index < -0.39 is 36.4 Å². The van der Waals surface area contributed by atoms with Crippen LogP contribution in [0, 0.1) is 0 Å². The first kappa shape index (κ1) is 14.1. The molecule has 1 fully saturated rings. The van der Waals surface area contributed by atoms with Gasteiger partial charge in [-0.25, -0.2) is 0 Å². The molecule has 1 rings (SSSR count). The van der Waals surface area contributed by atoms with E-state index >= 15 is 0 Å². The molecule has 0 aromatic rings. The fourth-order valence-corrected chi connectivity index (χ4v) is 17.2. The summed E-state index contributed by atoms with van der Waals surface area (Å²) in [6.07, 6.45) is 0. The van der Waals surface area contributed by atoms with Crippen LogP contribution in [-0.2, 0) is 16.5 Å². The lowest BCUT2D eigenvalue weighted by atomic mass is 11.0. The van der Waals surface area contributed by atoms with Crippen LogP contribution in [0.2, 0.25) is 32.2 Å². The van der Waals surface area contributed by atoms with Gasteiger partial charge in [-0.3, -0.25) is 0 Å². The molecule has 1 saturated heterocycles. The van der Waals surface area contributed by atoms with Gasteiger partial charge in [0, 0.05) is 0 Å². The average molecular weight is 301 g/mol. The molecule has 0 N–H and O–H groups in total. The molecule has 0 bridgehead atoms. The maximum Gasteiger partial charge on any atom is 0.317 e. The zero-order chi connectivity index (χ0) is 11.5. The Morgan fingerprint density at radius 3 is 1.87 bits per heavy atom. The highest BCUT2D eigenvalue weighted by atomic mass is 32.1. The molecule has 9 heteroatoms. The highest BCUT2D eigenvalue weighted by molar-refractivity contribution is 7.80. The highest BCUT2D eigenvalue weighted by Gasteiger charge is 2.38. The fourth-order valence-electron chi connectivity index (χ4n) is 1.68. The quantitative estimate of drug-likeness (QED) is 0.599. The van der Waals surface area contributed by atoms with E-state index in [1.54, 1.807) is 0 Å². The predicted octanol–water partition coefficient (Wildman–Crippen LogP) is 0.619. The van der Waals surface area contributed by atoms with Crippen LogP contribution in [0.3, 0.4) is 0 Å². The first-order valence-electron chi connectivity index (χ1n) is 5.22. The summed E-state index contributed by atoms with van der Waals surface area (Å²) in [6.45, 7) is 8.25. The molecule has 2 atom stereocenters. The third-order valence-corrected chi connectivity index (χ3v) is 16.7. The Hall–Kier alpha value is 1.06. The van der Waals surface area contributed by atoms with Gasteiger partial charge in [0.15, 0.2) is 0 Å². The van der Waals surface area contributed by atoms with Crippen LogP contribution in [0.1, 0.15) is 0 Å². The van der Waals surface area contributed by atoms with Crippen molar-refractivity contribution in [3.63, 3.8) is 0 Å². The summed E-state index contributed by atoms with van der Waals surface area (Å²) in [5, 5.41) is 0. The molecule has 0 aliphatic carbocycles. The first-order valence-corrected chi connectivity index (χ1v) is 14.7. The predicted molar refractivity (Wildman–Crippen MR) is 73.7 cm³/mol. The summed E-state index contributed by atoms with van der Waals surface area (Å²) in [4.78, 5) is 0. The summed E-state index contributed by atoms with van der Waals surface area (Å²) in [6, 6.07) is 0.910. The van der Waals surface area contributed by atoms with Gasteiger partial charge in [-0.15, -0.1) is 0 Å². The zero-order valence-corrected chi connectivity index (χ0v) is 15.1. The number of rotatable bonds is 2. The van der Waals surface area contributed by atoms with E-state index in [1.807, 2.05) is 6.55 Å². The van der Waals surface area contributed by atoms with Gasteiger partial charge in [-0.1, -0.05) is 0 Å². The van der Waals surface area contributed by atoms with E-state index in [4.69, 9.17) is 16.5 Å². The molecule has 2 unspecified atom stereocenters. The Bertz CT molecular complexity index is 196. The molecule has 1 aliphatic rings. The lowest BCUT2D eigenvalue weighted by Gasteiger charge is -2.36. The Kier molecular flexibility index (Phi) is 5.76. The van der Waals surface area contributed by atoms with E-state index in [9.17, 15) is 0 Å². The average Bonchev–Trinajstić information content (AvgIpc) is 1.99. The van der Waals surface area contributed by atoms with Crippen molar-refractivity contribution in [2.45, 2.75) is 32.2 Å². The van der Waals surface area contributed by atoms with Crippen LogP contribution in [0.5, 0.6) is 0 Å². The standard InChI is InChI=1S/C6H20O4SSi4/c1-12-7-13(2)9-15(4,6-5-11)10-14(3)8-12/h11-14H,5-6H2,1-4H3. The third kappa shape index (κ3) is 4.83. The summed E-state index contributed by atoms with van der Waals surface area (Å²) < 4.78 is 23.7. The molecule has 4 nitrogen and oxygen atoms in total. The molecule has 0 radical (unpaired) electrons. The molecule has 90 valence electrons. The van der Waals surface area contributed by atoms with Crippen molar-refractivity contribution in [3.05, 3.63) is 0 Å². The minimum Gasteiger partial charge on any atom is -0.420 e. The summed E-state index contributed by atoms with van der Waals surface area (Å²) in [5.41, 5.74) is 0. The lowest BCUT2D eigenvalue weighted by Crippen LogP contribution is -2.53. The maximum atomic E-state index is 6.03. The molecule has 15 heavy (non-hydrogen) atoms.